The summed E-state index contributed by atoms with van der Waals surface area (Å²) in [5, 5.41) is 8.79. The van der Waals surface area contributed by atoms with Crippen LogP contribution >= 0.6 is 0 Å². The maximum Gasteiger partial charge on any atom is 0.312 e. The van der Waals surface area contributed by atoms with Gasteiger partial charge in [0, 0.05) is 0 Å². The van der Waals surface area contributed by atoms with Crippen molar-refractivity contribution in [3.8, 4) is 11.8 Å². The number of aromatic nitrogens is 1. The molecule has 1 aromatic heterocycles. The first-order valence-electron chi connectivity index (χ1n) is 5.45. The van der Waals surface area contributed by atoms with E-state index in [9.17, 15) is 13.6 Å². The second-order valence-electron chi connectivity index (χ2n) is 3.47. The molecule has 0 atom stereocenters. The molecule has 0 aromatic carbocycles. The van der Waals surface area contributed by atoms with Gasteiger partial charge in [0.25, 0.3) is 6.43 Å². The zero-order valence-corrected chi connectivity index (χ0v) is 10.4. The minimum Gasteiger partial charge on any atom is -0.495 e. The third-order valence-corrected chi connectivity index (χ3v) is 2.27. The van der Waals surface area contributed by atoms with Crippen molar-refractivity contribution >= 4 is 5.97 Å². The summed E-state index contributed by atoms with van der Waals surface area (Å²) < 4.78 is 35.0. The number of rotatable bonds is 5. The molecule has 7 heteroatoms. The predicted octanol–water partition coefficient (Wildman–Crippen LogP) is 2.01. The molecule has 5 nitrogen and oxygen atoms in total. The molecule has 0 radical (unpaired) electrons. The normalized spacial score (nSPS) is 10.1. The Kier molecular flexibility index (Phi) is 5.18. The Balaban J connectivity index is 3.18. The van der Waals surface area contributed by atoms with Gasteiger partial charge >= 0.3 is 5.97 Å². The summed E-state index contributed by atoms with van der Waals surface area (Å²) in [7, 11) is 1.27. The van der Waals surface area contributed by atoms with E-state index in [-0.39, 0.29) is 24.5 Å². The van der Waals surface area contributed by atoms with Gasteiger partial charge in [-0.05, 0) is 13.0 Å². The molecule has 0 bridgehead atoms. The van der Waals surface area contributed by atoms with Crippen molar-refractivity contribution in [2.75, 3.05) is 13.7 Å². The Morgan fingerprint density at radius 3 is 2.74 bits per heavy atom. The van der Waals surface area contributed by atoms with Crippen LogP contribution in [0.25, 0.3) is 0 Å². The highest BCUT2D eigenvalue weighted by molar-refractivity contribution is 5.73. The first-order valence-corrected chi connectivity index (χ1v) is 5.45. The van der Waals surface area contributed by atoms with Crippen LogP contribution in [0.15, 0.2) is 6.07 Å². The molecule has 0 N–H and O–H groups in total. The van der Waals surface area contributed by atoms with Crippen molar-refractivity contribution in [1.82, 2.24) is 4.98 Å². The number of nitriles is 1. The molecule has 0 amide bonds. The largest absolute Gasteiger partial charge is 0.495 e. The number of alkyl halides is 2. The zero-order chi connectivity index (χ0) is 14.4. The van der Waals surface area contributed by atoms with Gasteiger partial charge in [-0.25, -0.2) is 13.8 Å². The van der Waals surface area contributed by atoms with E-state index in [0.717, 1.165) is 6.07 Å². The summed E-state index contributed by atoms with van der Waals surface area (Å²) in [6, 6.07) is 2.59. The third-order valence-electron chi connectivity index (χ3n) is 2.27. The molecule has 19 heavy (non-hydrogen) atoms. The smallest absolute Gasteiger partial charge is 0.312 e. The summed E-state index contributed by atoms with van der Waals surface area (Å²) in [6.07, 6.45) is -3.08. The Morgan fingerprint density at radius 2 is 2.26 bits per heavy atom. The fourth-order valence-electron chi connectivity index (χ4n) is 1.46. The lowest BCUT2D eigenvalue weighted by atomic mass is 10.1. The van der Waals surface area contributed by atoms with E-state index in [4.69, 9.17) is 14.7 Å². The fraction of sp³-hybridized carbons (Fsp3) is 0.417. The molecule has 102 valence electrons. The van der Waals surface area contributed by atoms with Gasteiger partial charge in [0.2, 0.25) is 0 Å². The van der Waals surface area contributed by atoms with Gasteiger partial charge in [-0.1, -0.05) is 0 Å². The van der Waals surface area contributed by atoms with Crippen molar-refractivity contribution in [3.05, 3.63) is 23.0 Å². The highest BCUT2D eigenvalue weighted by atomic mass is 19.3. The molecule has 0 fully saturated rings. The van der Waals surface area contributed by atoms with Crippen molar-refractivity contribution in [3.63, 3.8) is 0 Å². The van der Waals surface area contributed by atoms with Crippen LogP contribution in [0.3, 0.4) is 0 Å². The number of methoxy groups -OCH3 is 1. The van der Waals surface area contributed by atoms with E-state index >= 15 is 0 Å². The van der Waals surface area contributed by atoms with Gasteiger partial charge in [0.15, 0.2) is 0 Å². The molecule has 0 aliphatic heterocycles. The first kappa shape index (κ1) is 14.8. The number of hydrogen-bond donors (Lipinski definition) is 0. The topological polar surface area (TPSA) is 72.2 Å². The quantitative estimate of drug-likeness (QED) is 0.765. The summed E-state index contributed by atoms with van der Waals surface area (Å²) in [5.41, 5.74) is -0.844. The second-order valence-corrected chi connectivity index (χ2v) is 3.47. The van der Waals surface area contributed by atoms with Gasteiger partial charge in [0.05, 0.1) is 31.4 Å². The number of esters is 1. The number of carbonyl (C=O) groups excluding carboxylic acids is 1. The molecule has 1 aromatic rings. The van der Waals surface area contributed by atoms with Crippen LogP contribution in [0.4, 0.5) is 8.78 Å². The Hall–Kier alpha value is -2.23. The molecule has 0 aliphatic carbocycles. The van der Waals surface area contributed by atoms with Crippen molar-refractivity contribution in [2.45, 2.75) is 19.8 Å². The summed E-state index contributed by atoms with van der Waals surface area (Å²) >= 11 is 0. The van der Waals surface area contributed by atoms with Gasteiger partial charge in [-0.15, -0.1) is 0 Å². The zero-order valence-electron chi connectivity index (χ0n) is 10.4. The van der Waals surface area contributed by atoms with Crippen LogP contribution in [0, 0.1) is 11.3 Å². The molecular weight excluding hydrogens is 258 g/mol. The van der Waals surface area contributed by atoms with E-state index in [1.807, 2.05) is 0 Å². The lowest BCUT2D eigenvalue weighted by Crippen LogP contribution is -2.11. The number of ether oxygens (including phenoxy) is 2. The van der Waals surface area contributed by atoms with Gasteiger partial charge in [0.1, 0.15) is 17.5 Å². The molecule has 0 unspecified atom stereocenters. The van der Waals surface area contributed by atoms with E-state index in [1.165, 1.54) is 7.11 Å². The molecule has 0 spiro atoms. The average molecular weight is 270 g/mol. The lowest BCUT2D eigenvalue weighted by molar-refractivity contribution is -0.142. The average Bonchev–Trinajstić information content (AvgIpc) is 2.38. The molecule has 0 aliphatic rings. The molecule has 1 heterocycles. The van der Waals surface area contributed by atoms with Crippen LogP contribution in [0.5, 0.6) is 5.75 Å². The number of halogens is 2. The predicted molar refractivity (Wildman–Crippen MR) is 60.8 cm³/mol. The number of hydrogen-bond acceptors (Lipinski definition) is 5. The Morgan fingerprint density at radius 1 is 1.58 bits per heavy atom. The van der Waals surface area contributed by atoms with Gasteiger partial charge in [-0.2, -0.15) is 5.26 Å². The Bertz CT molecular complexity index is 512. The lowest BCUT2D eigenvalue weighted by Gasteiger charge is -2.10. The van der Waals surface area contributed by atoms with Crippen LogP contribution in [0.2, 0.25) is 0 Å². The standard InChI is InChI=1S/C12H12F2N2O3/c1-3-19-11(17)5-8-10(18-2)4-7(12(13)14)9(6-15)16-8/h4,12H,3,5H2,1-2H3. The molecule has 0 saturated carbocycles. The van der Waals surface area contributed by atoms with E-state index in [1.54, 1.807) is 13.0 Å². The summed E-state index contributed by atoms with van der Waals surface area (Å²) in [5.74, 6) is -0.538. The van der Waals surface area contributed by atoms with Crippen LogP contribution in [-0.4, -0.2) is 24.7 Å². The van der Waals surface area contributed by atoms with E-state index in [0.29, 0.717) is 0 Å². The van der Waals surface area contributed by atoms with Gasteiger partial charge in [-0.3, -0.25) is 4.79 Å². The highest BCUT2D eigenvalue weighted by Gasteiger charge is 2.20. The van der Waals surface area contributed by atoms with E-state index in [2.05, 4.69) is 4.98 Å². The minimum atomic E-state index is -2.84. The van der Waals surface area contributed by atoms with E-state index < -0.39 is 23.7 Å². The first-order chi connectivity index (χ1) is 9.03. The fourth-order valence-corrected chi connectivity index (χ4v) is 1.46. The Labute approximate surface area is 108 Å². The van der Waals surface area contributed by atoms with Crippen LogP contribution in [0.1, 0.15) is 30.3 Å². The highest BCUT2D eigenvalue weighted by Crippen LogP contribution is 2.28. The van der Waals surface area contributed by atoms with Crippen LogP contribution in [-0.2, 0) is 16.0 Å². The SMILES string of the molecule is CCOC(=O)Cc1nc(C#N)c(C(F)F)cc1OC. The molecular formula is C12H12F2N2O3. The number of nitrogens with zero attached hydrogens (tertiary/aromatic N) is 2. The molecule has 1 rings (SSSR count). The monoisotopic (exact) mass is 270 g/mol. The van der Waals surface area contributed by atoms with Crippen LogP contribution < -0.4 is 4.74 Å². The summed E-state index contributed by atoms with van der Waals surface area (Å²) in [6.45, 7) is 1.84. The second kappa shape index (κ2) is 6.64. The maximum atomic E-state index is 12.7. The number of carbonyl (C=O) groups is 1. The maximum absolute atomic E-state index is 12.7. The molecule has 0 saturated heterocycles. The minimum absolute atomic E-state index is 0.0300. The van der Waals surface area contributed by atoms with Gasteiger partial charge < -0.3 is 9.47 Å². The summed E-state index contributed by atoms with van der Waals surface area (Å²) in [4.78, 5) is 15.1. The number of pyridine rings is 1. The van der Waals surface area contributed by atoms with Crippen molar-refractivity contribution in [1.29, 1.82) is 5.26 Å². The third kappa shape index (κ3) is 3.61. The van der Waals surface area contributed by atoms with Crippen molar-refractivity contribution < 1.29 is 23.0 Å². The van der Waals surface area contributed by atoms with Crippen molar-refractivity contribution in [2.24, 2.45) is 0 Å².